The van der Waals surface area contributed by atoms with Gasteiger partial charge >= 0.3 is 0 Å². The fourth-order valence-electron chi connectivity index (χ4n) is 2.44. The number of nitrogens with zero attached hydrogens (tertiary/aromatic N) is 1. The van der Waals surface area contributed by atoms with Gasteiger partial charge in [-0.3, -0.25) is 0 Å². The van der Waals surface area contributed by atoms with Gasteiger partial charge in [0, 0.05) is 25.7 Å². The van der Waals surface area contributed by atoms with E-state index in [4.69, 9.17) is 0 Å². The Balaban J connectivity index is 2.35. The number of hydrogen-bond donors (Lipinski definition) is 1. The van der Waals surface area contributed by atoms with E-state index in [0.717, 1.165) is 12.1 Å². The lowest BCUT2D eigenvalue weighted by Crippen LogP contribution is -2.27. The maximum absolute atomic E-state index is 14.2. The highest BCUT2D eigenvalue weighted by molar-refractivity contribution is 7.89. The van der Waals surface area contributed by atoms with Gasteiger partial charge in [-0.2, -0.15) is 4.31 Å². The molecule has 6 heteroatoms. The van der Waals surface area contributed by atoms with E-state index in [1.807, 2.05) is 37.3 Å². The summed E-state index contributed by atoms with van der Waals surface area (Å²) >= 11 is 0. The smallest absolute Gasteiger partial charge is 0.243 e. The van der Waals surface area contributed by atoms with Crippen LogP contribution in [0.5, 0.6) is 0 Å². The SMILES string of the molecule is CCNCc1cc(F)c(C)c(S(=O)(=O)N(C)Cc2ccccc2)c1. The van der Waals surface area contributed by atoms with E-state index in [2.05, 4.69) is 5.32 Å². The predicted molar refractivity (Wildman–Crippen MR) is 93.6 cm³/mol. The highest BCUT2D eigenvalue weighted by Crippen LogP contribution is 2.24. The van der Waals surface area contributed by atoms with Crippen molar-refractivity contribution in [1.29, 1.82) is 0 Å². The summed E-state index contributed by atoms with van der Waals surface area (Å²) in [5, 5.41) is 3.08. The Morgan fingerprint density at radius 2 is 1.79 bits per heavy atom. The van der Waals surface area contributed by atoms with Crippen molar-refractivity contribution in [2.45, 2.75) is 31.8 Å². The second-order valence-electron chi connectivity index (χ2n) is 5.73. The summed E-state index contributed by atoms with van der Waals surface area (Å²) in [4.78, 5) is 0.0221. The van der Waals surface area contributed by atoms with Crippen LogP contribution in [0.15, 0.2) is 47.4 Å². The maximum Gasteiger partial charge on any atom is 0.243 e. The fourth-order valence-corrected chi connectivity index (χ4v) is 3.88. The van der Waals surface area contributed by atoms with Crippen LogP contribution >= 0.6 is 0 Å². The molecule has 24 heavy (non-hydrogen) atoms. The minimum absolute atomic E-state index is 0.0221. The number of rotatable bonds is 7. The Hall–Kier alpha value is -1.76. The molecule has 0 aliphatic carbocycles. The van der Waals surface area contributed by atoms with E-state index in [1.165, 1.54) is 24.3 Å². The fraction of sp³-hybridized carbons (Fsp3) is 0.333. The van der Waals surface area contributed by atoms with Gasteiger partial charge in [-0.25, -0.2) is 12.8 Å². The number of hydrogen-bond acceptors (Lipinski definition) is 3. The Morgan fingerprint density at radius 1 is 1.12 bits per heavy atom. The van der Waals surface area contributed by atoms with E-state index in [1.54, 1.807) is 6.07 Å². The summed E-state index contributed by atoms with van der Waals surface area (Å²) in [6, 6.07) is 12.3. The van der Waals surface area contributed by atoms with E-state index < -0.39 is 15.8 Å². The monoisotopic (exact) mass is 350 g/mol. The topological polar surface area (TPSA) is 49.4 Å². The molecule has 2 rings (SSSR count). The van der Waals surface area contributed by atoms with Crippen LogP contribution in [0.2, 0.25) is 0 Å². The molecule has 0 unspecified atom stereocenters. The van der Waals surface area contributed by atoms with Gasteiger partial charge < -0.3 is 5.32 Å². The molecule has 0 aliphatic heterocycles. The van der Waals surface area contributed by atoms with Crippen molar-refractivity contribution in [3.8, 4) is 0 Å². The highest BCUT2D eigenvalue weighted by Gasteiger charge is 2.25. The van der Waals surface area contributed by atoms with Crippen molar-refractivity contribution in [2.24, 2.45) is 0 Å². The Morgan fingerprint density at radius 3 is 2.42 bits per heavy atom. The van der Waals surface area contributed by atoms with Crippen molar-refractivity contribution in [3.05, 3.63) is 65.0 Å². The van der Waals surface area contributed by atoms with Crippen LogP contribution in [0.3, 0.4) is 0 Å². The molecule has 2 aromatic rings. The lowest BCUT2D eigenvalue weighted by atomic mass is 10.1. The van der Waals surface area contributed by atoms with E-state index >= 15 is 0 Å². The normalized spacial score (nSPS) is 11.9. The molecule has 0 aromatic heterocycles. The van der Waals surface area contributed by atoms with E-state index in [9.17, 15) is 12.8 Å². The lowest BCUT2D eigenvalue weighted by Gasteiger charge is -2.20. The van der Waals surface area contributed by atoms with Crippen LogP contribution < -0.4 is 5.32 Å². The third kappa shape index (κ3) is 4.20. The maximum atomic E-state index is 14.2. The summed E-state index contributed by atoms with van der Waals surface area (Å²) in [6.07, 6.45) is 0. The molecule has 130 valence electrons. The molecule has 0 heterocycles. The minimum Gasteiger partial charge on any atom is -0.313 e. The molecule has 0 fully saturated rings. The zero-order valence-corrected chi connectivity index (χ0v) is 15.0. The molecule has 0 aliphatic rings. The number of sulfonamides is 1. The van der Waals surface area contributed by atoms with E-state index in [-0.39, 0.29) is 17.0 Å². The first-order valence-corrected chi connectivity index (χ1v) is 9.30. The van der Waals surface area contributed by atoms with Gasteiger partial charge in [-0.15, -0.1) is 0 Å². The number of benzene rings is 2. The molecule has 0 amide bonds. The molecule has 0 saturated carbocycles. The molecule has 0 spiro atoms. The Bertz CT molecular complexity index is 792. The van der Waals surface area contributed by atoms with Crippen LogP contribution in [0, 0.1) is 12.7 Å². The second kappa shape index (κ2) is 7.88. The molecule has 0 radical (unpaired) electrons. The quantitative estimate of drug-likeness (QED) is 0.835. The first kappa shape index (κ1) is 18.6. The molecule has 0 saturated heterocycles. The van der Waals surface area contributed by atoms with Gasteiger partial charge in [0.1, 0.15) is 5.82 Å². The van der Waals surface area contributed by atoms with Crippen molar-refractivity contribution in [3.63, 3.8) is 0 Å². The minimum atomic E-state index is -3.77. The number of halogens is 1. The van der Waals surface area contributed by atoms with Crippen molar-refractivity contribution in [1.82, 2.24) is 9.62 Å². The predicted octanol–water partition coefficient (Wildman–Crippen LogP) is 3.06. The molecular formula is C18H23FN2O2S. The average molecular weight is 350 g/mol. The van der Waals surface area contributed by atoms with Crippen LogP contribution in [0.1, 0.15) is 23.6 Å². The molecular weight excluding hydrogens is 327 g/mol. The third-order valence-electron chi connectivity index (χ3n) is 3.87. The first-order chi connectivity index (χ1) is 11.4. The summed E-state index contributed by atoms with van der Waals surface area (Å²) in [6.45, 7) is 4.83. The zero-order valence-electron chi connectivity index (χ0n) is 14.2. The second-order valence-corrected chi connectivity index (χ2v) is 7.74. The van der Waals surface area contributed by atoms with Gasteiger partial charge in [0.05, 0.1) is 4.90 Å². The molecule has 0 bridgehead atoms. The summed E-state index contributed by atoms with van der Waals surface area (Å²) < 4.78 is 41.2. The van der Waals surface area contributed by atoms with Crippen LogP contribution in [0.25, 0.3) is 0 Å². The van der Waals surface area contributed by atoms with Gasteiger partial charge in [-0.1, -0.05) is 37.3 Å². The average Bonchev–Trinajstić information content (AvgIpc) is 2.56. The Labute approximate surface area is 143 Å². The lowest BCUT2D eigenvalue weighted by molar-refractivity contribution is 0.465. The van der Waals surface area contributed by atoms with E-state index in [0.29, 0.717) is 12.1 Å². The zero-order chi connectivity index (χ0) is 17.7. The first-order valence-electron chi connectivity index (χ1n) is 7.86. The van der Waals surface area contributed by atoms with Crippen molar-refractivity contribution >= 4 is 10.0 Å². The third-order valence-corrected chi connectivity index (χ3v) is 5.80. The summed E-state index contributed by atoms with van der Waals surface area (Å²) in [7, 11) is -2.26. The molecule has 4 nitrogen and oxygen atoms in total. The standard InChI is InChI=1S/C18H23FN2O2S/c1-4-20-12-16-10-17(19)14(2)18(11-16)24(22,23)21(3)13-15-8-6-5-7-9-15/h5-11,20H,4,12-13H2,1-3H3. The van der Waals surface area contributed by atoms with Crippen molar-refractivity contribution < 1.29 is 12.8 Å². The van der Waals surface area contributed by atoms with Gasteiger partial charge in [0.2, 0.25) is 10.0 Å². The van der Waals surface area contributed by atoms with Crippen LogP contribution in [-0.4, -0.2) is 26.3 Å². The highest BCUT2D eigenvalue weighted by atomic mass is 32.2. The largest absolute Gasteiger partial charge is 0.313 e. The van der Waals surface area contributed by atoms with Gasteiger partial charge in [0.15, 0.2) is 0 Å². The van der Waals surface area contributed by atoms with Gasteiger partial charge in [-0.05, 0) is 36.7 Å². The summed E-state index contributed by atoms with van der Waals surface area (Å²) in [5.74, 6) is -0.503. The summed E-state index contributed by atoms with van der Waals surface area (Å²) in [5.41, 5.74) is 1.65. The van der Waals surface area contributed by atoms with Gasteiger partial charge in [0.25, 0.3) is 0 Å². The molecule has 1 N–H and O–H groups in total. The Kier molecular flexibility index (Phi) is 6.10. The van der Waals surface area contributed by atoms with Crippen molar-refractivity contribution in [2.75, 3.05) is 13.6 Å². The van der Waals surface area contributed by atoms with Crippen LogP contribution in [-0.2, 0) is 23.1 Å². The number of nitrogens with one attached hydrogen (secondary N) is 1. The molecule has 0 atom stereocenters. The van der Waals surface area contributed by atoms with Crippen LogP contribution in [0.4, 0.5) is 4.39 Å². The molecule has 2 aromatic carbocycles.